The molecule has 0 spiro atoms. The van der Waals surface area contributed by atoms with E-state index in [9.17, 15) is 4.79 Å². The fourth-order valence-corrected chi connectivity index (χ4v) is 2.52. The van der Waals surface area contributed by atoms with E-state index >= 15 is 0 Å². The van der Waals surface area contributed by atoms with Crippen molar-refractivity contribution in [2.75, 3.05) is 7.11 Å². The van der Waals surface area contributed by atoms with Gasteiger partial charge in [0.1, 0.15) is 12.4 Å². The number of methoxy groups -OCH3 is 1. The largest absolute Gasteiger partial charge is 0.476 e. The van der Waals surface area contributed by atoms with Crippen LogP contribution < -0.4 is 0 Å². The zero-order valence-electron chi connectivity index (χ0n) is 11.7. The predicted molar refractivity (Wildman–Crippen MR) is 69.8 cm³/mol. The Kier molecular flexibility index (Phi) is 3.65. The molecule has 2 aromatic heterocycles. The highest BCUT2D eigenvalue weighted by Gasteiger charge is 2.21. The molecular formula is C12H16N6O3. The van der Waals surface area contributed by atoms with Crippen LogP contribution in [0, 0.1) is 0 Å². The van der Waals surface area contributed by atoms with Gasteiger partial charge in [-0.3, -0.25) is 0 Å². The summed E-state index contributed by atoms with van der Waals surface area (Å²) in [5, 5.41) is 25.1. The number of ether oxygens (including phenoxy) is 1. The molecule has 0 unspecified atom stereocenters. The lowest BCUT2D eigenvalue weighted by molar-refractivity contribution is 0.0684. The third-order valence-electron chi connectivity index (χ3n) is 3.55. The highest BCUT2D eigenvalue weighted by Crippen LogP contribution is 2.16. The van der Waals surface area contributed by atoms with E-state index in [1.54, 1.807) is 0 Å². The maximum absolute atomic E-state index is 11.1. The Morgan fingerprint density at radius 2 is 2.19 bits per heavy atom. The molecule has 0 aliphatic carbocycles. The Balaban J connectivity index is 1.91. The van der Waals surface area contributed by atoms with Gasteiger partial charge in [-0.1, -0.05) is 5.21 Å². The molecule has 112 valence electrons. The van der Waals surface area contributed by atoms with Gasteiger partial charge in [-0.05, 0) is 12.8 Å². The van der Waals surface area contributed by atoms with Crippen LogP contribution in [0.1, 0.15) is 40.7 Å². The van der Waals surface area contributed by atoms with Crippen molar-refractivity contribution in [1.82, 2.24) is 29.8 Å². The molecule has 3 rings (SSSR count). The molecule has 1 aliphatic rings. The van der Waals surface area contributed by atoms with Crippen LogP contribution in [0.5, 0.6) is 0 Å². The van der Waals surface area contributed by atoms with Crippen LogP contribution in [-0.2, 0) is 30.9 Å². The Hall–Kier alpha value is -2.29. The smallest absolute Gasteiger partial charge is 0.358 e. The van der Waals surface area contributed by atoms with Crippen molar-refractivity contribution < 1.29 is 14.6 Å². The number of fused-ring (bicyclic) bond motifs is 1. The summed E-state index contributed by atoms with van der Waals surface area (Å²) in [6, 6.07) is 0. The third-order valence-corrected chi connectivity index (χ3v) is 3.55. The van der Waals surface area contributed by atoms with Gasteiger partial charge in [0.05, 0.1) is 12.3 Å². The lowest BCUT2D eigenvalue weighted by Crippen LogP contribution is -2.17. The van der Waals surface area contributed by atoms with Gasteiger partial charge >= 0.3 is 5.97 Å². The normalized spacial score (nSPS) is 14.1. The highest BCUT2D eigenvalue weighted by molar-refractivity contribution is 5.86. The molecule has 0 amide bonds. The lowest BCUT2D eigenvalue weighted by Gasteiger charge is -2.15. The van der Waals surface area contributed by atoms with Crippen LogP contribution in [0.15, 0.2) is 0 Å². The van der Waals surface area contributed by atoms with Crippen LogP contribution in [-0.4, -0.2) is 47.9 Å². The third kappa shape index (κ3) is 2.51. The van der Waals surface area contributed by atoms with E-state index in [-0.39, 0.29) is 12.3 Å². The number of carboxylic acid groups (broad SMARTS) is 1. The van der Waals surface area contributed by atoms with Crippen molar-refractivity contribution in [3.63, 3.8) is 0 Å². The van der Waals surface area contributed by atoms with Crippen LogP contribution in [0.25, 0.3) is 0 Å². The minimum atomic E-state index is -1.11. The Morgan fingerprint density at radius 3 is 2.95 bits per heavy atom. The second-order valence-corrected chi connectivity index (χ2v) is 4.92. The highest BCUT2D eigenvalue weighted by atomic mass is 16.5. The molecule has 0 saturated carbocycles. The van der Waals surface area contributed by atoms with Gasteiger partial charge in [0.25, 0.3) is 0 Å². The topological polar surface area (TPSA) is 108 Å². The number of hydrogen-bond acceptors (Lipinski definition) is 6. The van der Waals surface area contributed by atoms with E-state index in [4.69, 9.17) is 9.84 Å². The van der Waals surface area contributed by atoms with Crippen molar-refractivity contribution in [3.8, 4) is 0 Å². The summed E-state index contributed by atoms with van der Waals surface area (Å²) in [5.74, 6) is 0.628. The number of rotatable bonds is 5. The molecule has 0 saturated heterocycles. The van der Waals surface area contributed by atoms with Crippen molar-refractivity contribution in [3.05, 3.63) is 23.0 Å². The van der Waals surface area contributed by atoms with Crippen molar-refractivity contribution in [2.24, 2.45) is 0 Å². The van der Waals surface area contributed by atoms with E-state index in [2.05, 4.69) is 25.1 Å². The predicted octanol–water partition coefficient (Wildman–Crippen LogP) is 0.0988. The summed E-state index contributed by atoms with van der Waals surface area (Å²) in [6.07, 6.45) is 3.15. The quantitative estimate of drug-likeness (QED) is 0.832. The summed E-state index contributed by atoms with van der Waals surface area (Å²) in [6.45, 7) is 1.36. The van der Waals surface area contributed by atoms with Gasteiger partial charge < -0.3 is 14.4 Å². The minimum absolute atomic E-state index is 0.0877. The molecule has 0 aromatic carbocycles. The van der Waals surface area contributed by atoms with Crippen LogP contribution in [0.4, 0.5) is 0 Å². The number of carbonyl (C=O) groups is 1. The van der Waals surface area contributed by atoms with Crippen molar-refractivity contribution in [1.29, 1.82) is 0 Å². The number of hydrogen-bond donors (Lipinski definition) is 1. The molecule has 21 heavy (non-hydrogen) atoms. The average molecular weight is 292 g/mol. The van der Waals surface area contributed by atoms with Gasteiger partial charge in [0.2, 0.25) is 0 Å². The first-order valence-electron chi connectivity index (χ1n) is 6.76. The Morgan fingerprint density at radius 1 is 1.33 bits per heavy atom. The molecule has 0 radical (unpaired) electrons. The molecule has 3 heterocycles. The van der Waals surface area contributed by atoms with Crippen LogP contribution in [0.3, 0.4) is 0 Å². The first-order valence-corrected chi connectivity index (χ1v) is 6.76. The number of aromatic nitrogens is 6. The maximum atomic E-state index is 11.1. The monoisotopic (exact) mass is 292 g/mol. The minimum Gasteiger partial charge on any atom is -0.476 e. The van der Waals surface area contributed by atoms with E-state index in [1.165, 1.54) is 11.8 Å². The summed E-state index contributed by atoms with van der Waals surface area (Å²) < 4.78 is 8.63. The standard InChI is InChI=1S/C12H16N6O3/c1-21-7-8-11(12(19)20)15-16-18(8)6-10-14-13-9-4-2-3-5-17(9)10/h2-7H2,1H3,(H,19,20). The van der Waals surface area contributed by atoms with Gasteiger partial charge in [-0.15, -0.1) is 15.3 Å². The number of aryl methyl sites for hydroxylation is 1. The van der Waals surface area contributed by atoms with Crippen molar-refractivity contribution >= 4 is 5.97 Å². The lowest BCUT2D eigenvalue weighted by atomic mass is 10.2. The van der Waals surface area contributed by atoms with E-state index in [0.29, 0.717) is 12.2 Å². The molecular weight excluding hydrogens is 276 g/mol. The van der Waals surface area contributed by atoms with Crippen LogP contribution in [0.2, 0.25) is 0 Å². The Labute approximate surface area is 120 Å². The summed E-state index contributed by atoms with van der Waals surface area (Å²) in [4.78, 5) is 11.1. The van der Waals surface area contributed by atoms with E-state index < -0.39 is 5.97 Å². The molecule has 0 atom stereocenters. The van der Waals surface area contributed by atoms with Crippen molar-refractivity contribution in [2.45, 2.75) is 39.0 Å². The SMILES string of the molecule is COCc1c(C(=O)O)nnn1Cc1nnc2n1CCCC2. The number of nitrogens with zero attached hydrogens (tertiary/aromatic N) is 6. The number of carboxylic acids is 1. The van der Waals surface area contributed by atoms with Gasteiger partial charge in [0.15, 0.2) is 11.5 Å². The molecule has 0 bridgehead atoms. The fraction of sp³-hybridized carbons (Fsp3) is 0.583. The number of aromatic carboxylic acids is 1. The van der Waals surface area contributed by atoms with E-state index in [1.807, 2.05) is 0 Å². The second kappa shape index (κ2) is 5.60. The average Bonchev–Trinajstić information content (AvgIpc) is 3.06. The Bertz CT molecular complexity index is 662. The second-order valence-electron chi connectivity index (χ2n) is 4.92. The zero-order valence-corrected chi connectivity index (χ0v) is 11.7. The van der Waals surface area contributed by atoms with Gasteiger partial charge in [-0.2, -0.15) is 0 Å². The molecule has 0 fully saturated rings. The fourth-order valence-electron chi connectivity index (χ4n) is 2.52. The van der Waals surface area contributed by atoms with Crippen LogP contribution >= 0.6 is 0 Å². The van der Waals surface area contributed by atoms with E-state index in [0.717, 1.165) is 37.5 Å². The molecule has 2 aromatic rings. The summed E-state index contributed by atoms with van der Waals surface area (Å²) in [7, 11) is 1.50. The molecule has 1 N–H and O–H groups in total. The zero-order chi connectivity index (χ0) is 14.8. The van der Waals surface area contributed by atoms with Gasteiger partial charge in [0, 0.05) is 20.1 Å². The molecule has 9 heteroatoms. The summed E-state index contributed by atoms with van der Waals surface area (Å²) in [5.41, 5.74) is 0.341. The first-order chi connectivity index (χ1) is 10.2. The first kappa shape index (κ1) is 13.7. The summed E-state index contributed by atoms with van der Waals surface area (Å²) >= 11 is 0. The van der Waals surface area contributed by atoms with Gasteiger partial charge in [-0.25, -0.2) is 9.48 Å². The molecule has 9 nitrogen and oxygen atoms in total. The molecule has 1 aliphatic heterocycles. The maximum Gasteiger partial charge on any atom is 0.358 e.